The van der Waals surface area contributed by atoms with Crippen molar-refractivity contribution in [3.63, 3.8) is 0 Å². The average molecular weight is 783 g/mol. The fourth-order valence-electron chi connectivity index (χ4n) is 9.69. The zero-order valence-electron chi connectivity index (χ0n) is 32.3. The monoisotopic (exact) mass is 782 g/mol. The van der Waals surface area contributed by atoms with Crippen LogP contribution in [0.1, 0.15) is 0 Å². The zero-order chi connectivity index (χ0) is 39.3. The van der Waals surface area contributed by atoms with Crippen molar-refractivity contribution in [1.29, 1.82) is 0 Å². The van der Waals surface area contributed by atoms with Gasteiger partial charge in [0.25, 0.3) is 0 Å². The summed E-state index contributed by atoms with van der Waals surface area (Å²) in [5.41, 5.74) is 13.8. The van der Waals surface area contributed by atoms with Gasteiger partial charge in [-0.15, -0.1) is 11.3 Å². The lowest BCUT2D eigenvalue weighted by molar-refractivity contribution is 0.590. The van der Waals surface area contributed by atoms with E-state index in [0.29, 0.717) is 0 Å². The Balaban J connectivity index is 1.07. The molecule has 0 fully saturated rings. The predicted octanol–water partition coefficient (Wildman–Crippen LogP) is 16.0. The van der Waals surface area contributed by atoms with Crippen molar-refractivity contribution in [1.82, 2.24) is 9.13 Å². The maximum absolute atomic E-state index is 6.92. The molecule has 3 nitrogen and oxygen atoms in total. The molecule has 0 aliphatic heterocycles. The topological polar surface area (TPSA) is 23.0 Å². The van der Waals surface area contributed by atoms with Gasteiger partial charge in [-0.25, -0.2) is 0 Å². The van der Waals surface area contributed by atoms with Gasteiger partial charge >= 0.3 is 0 Å². The summed E-state index contributed by atoms with van der Waals surface area (Å²) in [6.07, 6.45) is 0. The molecule has 0 spiro atoms. The fraction of sp³-hybridized carbons (Fsp3) is 0. The standard InChI is InChI=1S/C56H34N2OS/c1-3-14-35(15-4-1)39-20-13-26-52-48(39)34-54(59-52)58-51-31-29-37(36-28-30-50-46(32-36)40-18-7-9-25-49(40)57(50)38-16-5-2-6-17-38)33-47(51)43-22-11-21-42(55(43)58)45-24-12-23-44-41-19-8-10-27-53(41)60-56(44)45/h1-34H. The quantitative estimate of drug-likeness (QED) is 0.171. The summed E-state index contributed by atoms with van der Waals surface area (Å²) in [6.45, 7) is 0. The van der Waals surface area contributed by atoms with Gasteiger partial charge in [-0.1, -0.05) is 146 Å². The molecule has 0 amide bonds. The highest BCUT2D eigenvalue weighted by molar-refractivity contribution is 7.26. The first-order valence-corrected chi connectivity index (χ1v) is 21.2. The highest BCUT2D eigenvalue weighted by Gasteiger charge is 2.22. The Labute approximate surface area is 349 Å². The molecule has 4 aromatic heterocycles. The number of hydrogen-bond donors (Lipinski definition) is 0. The Morgan fingerprint density at radius 2 is 0.950 bits per heavy atom. The van der Waals surface area contributed by atoms with Crippen molar-refractivity contribution < 1.29 is 4.42 Å². The van der Waals surface area contributed by atoms with E-state index in [9.17, 15) is 0 Å². The molecule has 280 valence electrons. The van der Waals surface area contributed by atoms with Crippen LogP contribution in [0.4, 0.5) is 0 Å². The molecular formula is C56H34N2OS. The van der Waals surface area contributed by atoms with Crippen LogP contribution in [0.5, 0.6) is 0 Å². The van der Waals surface area contributed by atoms with Crippen LogP contribution in [-0.2, 0) is 0 Å². The van der Waals surface area contributed by atoms with Crippen LogP contribution in [0, 0.1) is 0 Å². The molecule has 9 aromatic carbocycles. The molecule has 4 heteroatoms. The summed E-state index contributed by atoms with van der Waals surface area (Å²) < 4.78 is 14.3. The Hall–Kier alpha value is -7.66. The second kappa shape index (κ2) is 12.9. The number of aromatic nitrogens is 2. The SMILES string of the molecule is c1ccc(-c2cccc3oc(-n4c5ccc(-c6ccc7c(c6)c6ccccc6n7-c6ccccc6)cc5c5cccc(-c6cccc7c6sc6ccccc67)c54)cc23)cc1. The van der Waals surface area contributed by atoms with Gasteiger partial charge in [0.1, 0.15) is 5.58 Å². The minimum atomic E-state index is 0.798. The molecule has 0 radical (unpaired) electrons. The van der Waals surface area contributed by atoms with Gasteiger partial charge in [0, 0.05) is 70.0 Å². The molecule has 0 atom stereocenters. The molecule has 0 aliphatic rings. The summed E-state index contributed by atoms with van der Waals surface area (Å²) in [4.78, 5) is 0. The first kappa shape index (κ1) is 33.3. The van der Waals surface area contributed by atoms with E-state index in [1.165, 1.54) is 80.6 Å². The molecule has 0 unspecified atom stereocenters. The van der Waals surface area contributed by atoms with Crippen LogP contribution >= 0.6 is 11.3 Å². The Bertz CT molecular complexity index is 3830. The van der Waals surface area contributed by atoms with Crippen LogP contribution in [0.2, 0.25) is 0 Å². The van der Waals surface area contributed by atoms with E-state index >= 15 is 0 Å². The van der Waals surface area contributed by atoms with E-state index < -0.39 is 0 Å². The highest BCUT2D eigenvalue weighted by atomic mass is 32.1. The third-order valence-electron chi connectivity index (χ3n) is 12.4. The normalized spacial score (nSPS) is 12.0. The third kappa shape index (κ3) is 4.89. The summed E-state index contributed by atoms with van der Waals surface area (Å²) >= 11 is 1.87. The smallest absolute Gasteiger partial charge is 0.205 e. The zero-order valence-corrected chi connectivity index (χ0v) is 33.2. The first-order chi connectivity index (χ1) is 29.8. The van der Waals surface area contributed by atoms with Gasteiger partial charge in [-0.05, 0) is 76.9 Å². The van der Waals surface area contributed by atoms with E-state index in [1.807, 2.05) is 11.3 Å². The molecule has 13 aromatic rings. The molecule has 4 heterocycles. The average Bonchev–Trinajstić information content (AvgIpc) is 4.08. The first-order valence-electron chi connectivity index (χ1n) is 20.4. The van der Waals surface area contributed by atoms with Crippen LogP contribution in [0.25, 0.3) is 120 Å². The second-order valence-corrected chi connectivity index (χ2v) is 16.7. The molecule has 0 bridgehead atoms. The lowest BCUT2D eigenvalue weighted by atomic mass is 9.98. The van der Waals surface area contributed by atoms with Gasteiger partial charge in [0.2, 0.25) is 5.88 Å². The van der Waals surface area contributed by atoms with Crippen LogP contribution in [0.3, 0.4) is 0 Å². The van der Waals surface area contributed by atoms with Crippen molar-refractivity contribution in [2.24, 2.45) is 0 Å². The number of hydrogen-bond acceptors (Lipinski definition) is 2. The molecule has 0 N–H and O–H groups in total. The van der Waals surface area contributed by atoms with Gasteiger partial charge in [0.05, 0.1) is 22.1 Å². The van der Waals surface area contributed by atoms with Crippen molar-refractivity contribution in [2.45, 2.75) is 0 Å². The molecular weight excluding hydrogens is 749 g/mol. The van der Waals surface area contributed by atoms with Crippen LogP contribution < -0.4 is 0 Å². The number of rotatable bonds is 5. The maximum atomic E-state index is 6.92. The predicted molar refractivity (Wildman–Crippen MR) is 254 cm³/mol. The van der Waals surface area contributed by atoms with E-state index in [4.69, 9.17) is 4.42 Å². The number of furan rings is 1. The highest BCUT2D eigenvalue weighted by Crippen LogP contribution is 2.46. The Morgan fingerprint density at radius 1 is 0.350 bits per heavy atom. The van der Waals surface area contributed by atoms with Crippen molar-refractivity contribution >= 4 is 86.1 Å². The number of fused-ring (bicyclic) bond motifs is 10. The van der Waals surface area contributed by atoms with Gasteiger partial charge < -0.3 is 8.98 Å². The Kier molecular flexibility index (Phi) is 7.18. The van der Waals surface area contributed by atoms with Crippen LogP contribution in [-0.4, -0.2) is 9.13 Å². The van der Waals surface area contributed by atoms with Crippen LogP contribution in [0.15, 0.2) is 211 Å². The number of nitrogens with zero attached hydrogens (tertiary/aromatic N) is 2. The number of benzene rings is 9. The summed E-state index contributed by atoms with van der Waals surface area (Å²) in [5, 5.41) is 8.54. The lowest BCUT2D eigenvalue weighted by Crippen LogP contribution is -1.94. The Morgan fingerprint density at radius 3 is 1.77 bits per heavy atom. The van der Waals surface area contributed by atoms with Crippen molar-refractivity contribution in [3.8, 4) is 45.0 Å². The number of thiophene rings is 1. The summed E-state index contributed by atoms with van der Waals surface area (Å²) in [6, 6.07) is 74.8. The van der Waals surface area contributed by atoms with Gasteiger partial charge in [-0.2, -0.15) is 0 Å². The van der Waals surface area contributed by atoms with Gasteiger partial charge in [0.15, 0.2) is 0 Å². The lowest BCUT2D eigenvalue weighted by Gasteiger charge is -2.10. The van der Waals surface area contributed by atoms with E-state index in [0.717, 1.165) is 39.1 Å². The summed E-state index contributed by atoms with van der Waals surface area (Å²) in [7, 11) is 0. The summed E-state index contributed by atoms with van der Waals surface area (Å²) in [5.74, 6) is 0.798. The van der Waals surface area contributed by atoms with E-state index in [2.05, 4.69) is 215 Å². The molecule has 13 rings (SSSR count). The molecule has 0 saturated heterocycles. The minimum absolute atomic E-state index is 0.798. The maximum Gasteiger partial charge on any atom is 0.205 e. The van der Waals surface area contributed by atoms with Gasteiger partial charge in [-0.3, -0.25) is 4.57 Å². The van der Waals surface area contributed by atoms with Crippen molar-refractivity contribution in [3.05, 3.63) is 206 Å². The molecule has 0 aliphatic carbocycles. The second-order valence-electron chi connectivity index (χ2n) is 15.6. The third-order valence-corrected chi connectivity index (χ3v) is 13.6. The van der Waals surface area contributed by atoms with E-state index in [1.54, 1.807) is 0 Å². The fourth-order valence-corrected chi connectivity index (χ4v) is 10.9. The molecule has 0 saturated carbocycles. The number of para-hydroxylation sites is 3. The largest absolute Gasteiger partial charge is 0.440 e. The minimum Gasteiger partial charge on any atom is -0.440 e. The van der Waals surface area contributed by atoms with E-state index in [-0.39, 0.29) is 0 Å². The van der Waals surface area contributed by atoms with Crippen molar-refractivity contribution in [2.75, 3.05) is 0 Å². The molecule has 60 heavy (non-hydrogen) atoms.